The highest BCUT2D eigenvalue weighted by Gasteiger charge is 2.33. The number of alkyl halides is 3. The van der Waals surface area contributed by atoms with Crippen molar-refractivity contribution in [3.63, 3.8) is 0 Å². The zero-order valence-corrected chi connectivity index (χ0v) is 19.4. The first-order valence-electron chi connectivity index (χ1n) is 11.6. The molecule has 1 N–H and O–H groups in total. The molecule has 0 bridgehead atoms. The average molecular weight is 492 g/mol. The number of benzene rings is 3. The average Bonchev–Trinajstić information content (AvgIpc) is 2.89. The van der Waals surface area contributed by atoms with Gasteiger partial charge in [-0.1, -0.05) is 54.6 Å². The number of nitrogens with one attached hydrogen (secondary N) is 1. The molecule has 1 aliphatic heterocycles. The van der Waals surface area contributed by atoms with E-state index < -0.39 is 17.6 Å². The number of halogens is 3. The highest BCUT2D eigenvalue weighted by atomic mass is 19.4. The summed E-state index contributed by atoms with van der Waals surface area (Å²) in [7, 11) is 0. The highest BCUT2D eigenvalue weighted by Crippen LogP contribution is 2.34. The van der Waals surface area contributed by atoms with Crippen LogP contribution in [0.25, 0.3) is 22.3 Å². The molecule has 0 aliphatic carbocycles. The Morgan fingerprint density at radius 1 is 0.833 bits per heavy atom. The molecule has 0 saturated carbocycles. The molecule has 4 aromatic rings. The van der Waals surface area contributed by atoms with Gasteiger partial charge in [0.05, 0.1) is 23.3 Å². The minimum absolute atomic E-state index is 0.0137. The monoisotopic (exact) mass is 491 g/mol. The molecule has 184 valence electrons. The van der Waals surface area contributed by atoms with Crippen molar-refractivity contribution in [3.8, 4) is 11.4 Å². The van der Waals surface area contributed by atoms with Crippen molar-refractivity contribution in [1.29, 1.82) is 0 Å². The van der Waals surface area contributed by atoms with Gasteiger partial charge in [0.2, 0.25) is 5.91 Å². The van der Waals surface area contributed by atoms with Crippen molar-refractivity contribution in [2.24, 2.45) is 0 Å². The maximum absolute atomic E-state index is 13.2. The molecule has 6 nitrogen and oxygen atoms in total. The molecule has 2 heterocycles. The number of anilines is 2. The van der Waals surface area contributed by atoms with E-state index in [9.17, 15) is 18.0 Å². The van der Waals surface area contributed by atoms with E-state index in [0.29, 0.717) is 32.0 Å². The lowest BCUT2D eigenvalue weighted by atomic mass is 10.1. The Hall–Kier alpha value is -3.98. The second-order valence-electron chi connectivity index (χ2n) is 8.61. The number of rotatable bonds is 5. The van der Waals surface area contributed by atoms with Crippen molar-refractivity contribution in [2.75, 3.05) is 42.9 Å². The van der Waals surface area contributed by atoms with E-state index in [2.05, 4.69) is 10.2 Å². The van der Waals surface area contributed by atoms with Gasteiger partial charge in [0, 0.05) is 37.1 Å². The van der Waals surface area contributed by atoms with Gasteiger partial charge in [0.15, 0.2) is 5.82 Å². The van der Waals surface area contributed by atoms with Crippen LogP contribution in [0.15, 0.2) is 78.9 Å². The topological polar surface area (TPSA) is 61.4 Å². The van der Waals surface area contributed by atoms with Crippen molar-refractivity contribution >= 4 is 28.3 Å². The Labute approximate surface area is 206 Å². The molecule has 1 aliphatic rings. The molecular weight excluding hydrogens is 467 g/mol. The van der Waals surface area contributed by atoms with Crippen LogP contribution in [-0.4, -0.2) is 53.5 Å². The van der Waals surface area contributed by atoms with Crippen molar-refractivity contribution in [2.45, 2.75) is 6.18 Å². The molecule has 0 unspecified atom stereocenters. The normalized spacial score (nSPS) is 14.7. The van der Waals surface area contributed by atoms with E-state index in [1.165, 1.54) is 18.2 Å². The summed E-state index contributed by atoms with van der Waals surface area (Å²) in [5.41, 5.74) is 0.702. The highest BCUT2D eigenvalue weighted by molar-refractivity contribution is 5.93. The number of carbonyl (C=O) groups excluding carboxylic acids is 1. The van der Waals surface area contributed by atoms with Crippen LogP contribution in [0.3, 0.4) is 0 Å². The van der Waals surface area contributed by atoms with Crippen LogP contribution in [0.4, 0.5) is 24.7 Å². The molecule has 0 radical (unpaired) electrons. The number of aromatic nitrogens is 2. The molecule has 5 rings (SSSR count). The summed E-state index contributed by atoms with van der Waals surface area (Å²) in [5.74, 6) is 1.01. The first-order valence-corrected chi connectivity index (χ1v) is 11.6. The molecule has 1 aromatic heterocycles. The number of hydrogen-bond acceptors (Lipinski definition) is 5. The summed E-state index contributed by atoms with van der Waals surface area (Å²) in [6.45, 7) is 2.42. The lowest BCUT2D eigenvalue weighted by molar-refractivity contribution is -0.137. The standard InChI is InChI=1S/C27H24F3N5O/c28-27(29,30)21-11-5-7-13-23(21)31-24(36)18-34-14-16-35(17-15-34)26-20-10-4-6-12-22(20)32-25(33-26)19-8-2-1-3-9-19/h1-13H,14-18H2,(H,31,36). The smallest absolute Gasteiger partial charge is 0.353 e. The van der Waals surface area contributed by atoms with Crippen molar-refractivity contribution in [3.05, 3.63) is 84.4 Å². The SMILES string of the molecule is O=C(CN1CCN(c2nc(-c3ccccc3)nc3ccccc23)CC1)Nc1ccccc1C(F)(F)F. The third-order valence-corrected chi connectivity index (χ3v) is 6.16. The van der Waals surface area contributed by atoms with Crippen LogP contribution in [0.2, 0.25) is 0 Å². The molecule has 0 atom stereocenters. The van der Waals surface area contributed by atoms with E-state index in [-0.39, 0.29) is 12.2 Å². The summed E-state index contributed by atoms with van der Waals surface area (Å²) >= 11 is 0. The quantitative estimate of drug-likeness (QED) is 0.422. The number of para-hydroxylation sites is 2. The molecule has 1 amide bonds. The number of amides is 1. The van der Waals surface area contributed by atoms with Crippen LogP contribution in [-0.2, 0) is 11.0 Å². The minimum Gasteiger partial charge on any atom is -0.353 e. The molecule has 36 heavy (non-hydrogen) atoms. The molecule has 1 fully saturated rings. The summed E-state index contributed by atoms with van der Waals surface area (Å²) in [6, 6.07) is 22.7. The largest absolute Gasteiger partial charge is 0.418 e. The van der Waals surface area contributed by atoms with Crippen molar-refractivity contribution in [1.82, 2.24) is 14.9 Å². The summed E-state index contributed by atoms with van der Waals surface area (Å²) in [5, 5.41) is 3.37. The Bertz CT molecular complexity index is 1370. The summed E-state index contributed by atoms with van der Waals surface area (Å²) < 4.78 is 39.7. The predicted octanol–water partition coefficient (Wildman–Crippen LogP) is 5.08. The van der Waals surface area contributed by atoms with Gasteiger partial charge in [-0.15, -0.1) is 0 Å². The van der Waals surface area contributed by atoms with Crippen LogP contribution >= 0.6 is 0 Å². The number of hydrogen-bond donors (Lipinski definition) is 1. The molecule has 9 heteroatoms. The van der Waals surface area contributed by atoms with E-state index in [0.717, 1.165) is 28.4 Å². The molecular formula is C27H24F3N5O. The lowest BCUT2D eigenvalue weighted by Crippen LogP contribution is -2.49. The minimum atomic E-state index is -4.53. The number of nitrogens with zero attached hydrogens (tertiary/aromatic N) is 4. The molecule has 0 spiro atoms. The van der Waals surface area contributed by atoms with Gasteiger partial charge >= 0.3 is 6.18 Å². The Balaban J connectivity index is 1.28. The van der Waals surface area contributed by atoms with Gasteiger partial charge in [-0.25, -0.2) is 9.97 Å². The fraction of sp³-hybridized carbons (Fsp3) is 0.222. The Kier molecular flexibility index (Phi) is 6.56. The van der Waals surface area contributed by atoms with Gasteiger partial charge in [0.25, 0.3) is 0 Å². The zero-order valence-electron chi connectivity index (χ0n) is 19.4. The molecule has 1 saturated heterocycles. The van der Waals surface area contributed by atoms with E-state index >= 15 is 0 Å². The number of piperazine rings is 1. The number of carbonyl (C=O) groups is 1. The zero-order chi connectivity index (χ0) is 25.1. The van der Waals surface area contributed by atoms with Gasteiger partial charge in [-0.2, -0.15) is 13.2 Å². The summed E-state index contributed by atoms with van der Waals surface area (Å²) in [4.78, 5) is 26.3. The van der Waals surface area contributed by atoms with Gasteiger partial charge in [-0.3, -0.25) is 9.69 Å². The second kappa shape index (κ2) is 9.94. The maximum atomic E-state index is 13.2. The lowest BCUT2D eigenvalue weighted by Gasteiger charge is -2.35. The second-order valence-corrected chi connectivity index (χ2v) is 8.61. The van der Waals surface area contributed by atoms with E-state index in [1.54, 1.807) is 0 Å². The van der Waals surface area contributed by atoms with E-state index in [4.69, 9.17) is 9.97 Å². The Morgan fingerprint density at radius 3 is 2.25 bits per heavy atom. The van der Waals surface area contributed by atoms with Gasteiger partial charge in [0.1, 0.15) is 5.82 Å². The Morgan fingerprint density at radius 2 is 1.50 bits per heavy atom. The first-order chi connectivity index (χ1) is 17.4. The van der Waals surface area contributed by atoms with Crippen LogP contribution in [0.5, 0.6) is 0 Å². The molecule has 3 aromatic carbocycles. The van der Waals surface area contributed by atoms with Crippen LogP contribution in [0, 0.1) is 0 Å². The van der Waals surface area contributed by atoms with Gasteiger partial charge < -0.3 is 10.2 Å². The first kappa shape index (κ1) is 23.7. The van der Waals surface area contributed by atoms with Gasteiger partial charge in [-0.05, 0) is 24.3 Å². The summed E-state index contributed by atoms with van der Waals surface area (Å²) in [6.07, 6.45) is -4.53. The fourth-order valence-electron chi connectivity index (χ4n) is 4.37. The fourth-order valence-corrected chi connectivity index (χ4v) is 4.37. The predicted molar refractivity (Wildman–Crippen MR) is 134 cm³/mol. The third-order valence-electron chi connectivity index (χ3n) is 6.16. The van der Waals surface area contributed by atoms with Crippen LogP contribution < -0.4 is 10.2 Å². The van der Waals surface area contributed by atoms with E-state index in [1.807, 2.05) is 59.5 Å². The maximum Gasteiger partial charge on any atom is 0.418 e. The van der Waals surface area contributed by atoms with Crippen LogP contribution in [0.1, 0.15) is 5.56 Å². The number of fused-ring (bicyclic) bond motifs is 1. The van der Waals surface area contributed by atoms with Crippen molar-refractivity contribution < 1.29 is 18.0 Å². The third kappa shape index (κ3) is 5.16.